The summed E-state index contributed by atoms with van der Waals surface area (Å²) >= 11 is 1.34. The average molecular weight is 157 g/mol. The first-order chi connectivity index (χ1) is 4.75. The van der Waals surface area contributed by atoms with Gasteiger partial charge in [0.25, 0.3) is 0 Å². The number of oxime groups is 1. The summed E-state index contributed by atoms with van der Waals surface area (Å²) in [4.78, 5) is 0.613. The fourth-order valence-electron chi connectivity index (χ4n) is 0.619. The van der Waals surface area contributed by atoms with E-state index in [9.17, 15) is 0 Å². The lowest BCUT2D eigenvalue weighted by atomic mass is 10.3. The lowest BCUT2D eigenvalue weighted by molar-refractivity contribution is 0.319. The van der Waals surface area contributed by atoms with Crippen molar-refractivity contribution in [1.29, 1.82) is 0 Å². The van der Waals surface area contributed by atoms with Crippen molar-refractivity contribution in [2.75, 3.05) is 0 Å². The van der Waals surface area contributed by atoms with Gasteiger partial charge in [0.2, 0.25) is 0 Å². The fraction of sp³-hybridized carbons (Fsp3) is 0.167. The van der Waals surface area contributed by atoms with Crippen molar-refractivity contribution >= 4 is 17.0 Å². The predicted molar refractivity (Wildman–Crippen MR) is 40.0 cm³/mol. The SMILES string of the molecule is C/C(=N\O)c1sccc1O. The third-order valence-corrected chi connectivity index (χ3v) is 2.14. The van der Waals surface area contributed by atoms with E-state index in [2.05, 4.69) is 5.16 Å². The first-order valence-corrected chi connectivity index (χ1v) is 3.59. The molecular formula is C6H7NO2S. The summed E-state index contributed by atoms with van der Waals surface area (Å²) in [5.41, 5.74) is 0.438. The van der Waals surface area contributed by atoms with Gasteiger partial charge in [-0.25, -0.2) is 0 Å². The van der Waals surface area contributed by atoms with E-state index in [-0.39, 0.29) is 5.75 Å². The first-order valence-electron chi connectivity index (χ1n) is 2.71. The lowest BCUT2D eigenvalue weighted by Crippen LogP contribution is -1.89. The third kappa shape index (κ3) is 1.11. The predicted octanol–water partition coefficient (Wildman–Crippen LogP) is 1.65. The zero-order chi connectivity index (χ0) is 7.56. The number of hydrogen-bond acceptors (Lipinski definition) is 4. The van der Waals surface area contributed by atoms with Crippen molar-refractivity contribution in [3.8, 4) is 5.75 Å². The molecule has 54 valence electrons. The van der Waals surface area contributed by atoms with E-state index in [4.69, 9.17) is 10.3 Å². The van der Waals surface area contributed by atoms with Crippen LogP contribution in [0.3, 0.4) is 0 Å². The minimum Gasteiger partial charge on any atom is -0.506 e. The van der Waals surface area contributed by atoms with Crippen molar-refractivity contribution in [1.82, 2.24) is 0 Å². The fourth-order valence-corrected chi connectivity index (χ4v) is 1.35. The Labute approximate surface area is 62.2 Å². The summed E-state index contributed by atoms with van der Waals surface area (Å²) < 4.78 is 0. The zero-order valence-corrected chi connectivity index (χ0v) is 6.22. The van der Waals surface area contributed by atoms with Crippen LogP contribution in [0.5, 0.6) is 5.75 Å². The van der Waals surface area contributed by atoms with Gasteiger partial charge in [0, 0.05) is 0 Å². The van der Waals surface area contributed by atoms with Crippen molar-refractivity contribution in [2.24, 2.45) is 5.16 Å². The van der Waals surface area contributed by atoms with Gasteiger partial charge in [-0.05, 0) is 18.4 Å². The molecule has 0 spiro atoms. The van der Waals surface area contributed by atoms with Crippen LogP contribution in [0.4, 0.5) is 0 Å². The Morgan fingerprint density at radius 3 is 2.80 bits per heavy atom. The average Bonchev–Trinajstić information content (AvgIpc) is 2.34. The number of hydrogen-bond donors (Lipinski definition) is 2. The highest BCUT2D eigenvalue weighted by molar-refractivity contribution is 7.12. The maximum absolute atomic E-state index is 9.07. The molecule has 1 heterocycles. The van der Waals surface area contributed by atoms with Gasteiger partial charge in [0.1, 0.15) is 5.75 Å². The maximum atomic E-state index is 9.07. The van der Waals surface area contributed by atoms with E-state index in [1.54, 1.807) is 18.4 Å². The molecule has 0 bridgehead atoms. The molecule has 0 fully saturated rings. The van der Waals surface area contributed by atoms with Gasteiger partial charge >= 0.3 is 0 Å². The molecule has 0 aromatic carbocycles. The number of nitrogens with zero attached hydrogens (tertiary/aromatic N) is 1. The molecule has 1 rings (SSSR count). The molecule has 3 nitrogen and oxygen atoms in total. The van der Waals surface area contributed by atoms with Crippen molar-refractivity contribution < 1.29 is 10.3 Å². The molecule has 0 aliphatic carbocycles. The zero-order valence-electron chi connectivity index (χ0n) is 5.40. The van der Waals surface area contributed by atoms with E-state index in [0.29, 0.717) is 10.6 Å². The molecule has 2 N–H and O–H groups in total. The summed E-state index contributed by atoms with van der Waals surface area (Å²) in [6, 6.07) is 1.56. The highest BCUT2D eigenvalue weighted by Gasteiger charge is 2.04. The summed E-state index contributed by atoms with van der Waals surface area (Å²) in [6.45, 7) is 1.63. The van der Waals surface area contributed by atoms with E-state index in [1.165, 1.54) is 11.3 Å². The topological polar surface area (TPSA) is 52.8 Å². The van der Waals surface area contributed by atoms with Crippen LogP contribution in [0.1, 0.15) is 11.8 Å². The molecular weight excluding hydrogens is 150 g/mol. The Kier molecular flexibility index (Phi) is 1.91. The molecule has 0 saturated heterocycles. The Bertz CT molecular complexity index is 254. The largest absolute Gasteiger partial charge is 0.506 e. The van der Waals surface area contributed by atoms with Gasteiger partial charge in [-0.15, -0.1) is 11.3 Å². The molecule has 0 saturated carbocycles. The number of rotatable bonds is 1. The van der Waals surface area contributed by atoms with Gasteiger partial charge < -0.3 is 10.3 Å². The second-order valence-electron chi connectivity index (χ2n) is 1.82. The normalized spacial score (nSPS) is 11.9. The third-order valence-electron chi connectivity index (χ3n) is 1.12. The highest BCUT2D eigenvalue weighted by atomic mass is 32.1. The molecule has 0 aliphatic rings. The van der Waals surface area contributed by atoms with Crippen LogP contribution in [-0.4, -0.2) is 16.0 Å². The van der Waals surface area contributed by atoms with E-state index < -0.39 is 0 Å². The molecule has 0 amide bonds. The van der Waals surface area contributed by atoms with Crippen molar-refractivity contribution in [3.05, 3.63) is 16.3 Å². The minimum atomic E-state index is 0.167. The molecule has 4 heteroatoms. The molecule has 0 radical (unpaired) electrons. The Morgan fingerprint density at radius 2 is 2.40 bits per heavy atom. The highest BCUT2D eigenvalue weighted by Crippen LogP contribution is 2.23. The maximum Gasteiger partial charge on any atom is 0.135 e. The first kappa shape index (κ1) is 7.08. The van der Waals surface area contributed by atoms with Crippen LogP contribution in [0.15, 0.2) is 16.6 Å². The monoisotopic (exact) mass is 157 g/mol. The van der Waals surface area contributed by atoms with Crippen molar-refractivity contribution in [2.45, 2.75) is 6.92 Å². The van der Waals surface area contributed by atoms with Crippen LogP contribution in [0.2, 0.25) is 0 Å². The van der Waals surface area contributed by atoms with E-state index in [1.807, 2.05) is 0 Å². The smallest absolute Gasteiger partial charge is 0.135 e. The van der Waals surface area contributed by atoms with Crippen LogP contribution in [0.25, 0.3) is 0 Å². The van der Waals surface area contributed by atoms with Gasteiger partial charge in [0.15, 0.2) is 0 Å². The Balaban J connectivity index is 3.05. The van der Waals surface area contributed by atoms with Crippen LogP contribution in [-0.2, 0) is 0 Å². The summed E-state index contributed by atoms with van der Waals surface area (Å²) in [5, 5.41) is 22.1. The number of aromatic hydroxyl groups is 1. The van der Waals surface area contributed by atoms with E-state index in [0.717, 1.165) is 0 Å². The Morgan fingerprint density at radius 1 is 1.70 bits per heavy atom. The van der Waals surface area contributed by atoms with Crippen LogP contribution >= 0.6 is 11.3 Å². The molecule has 1 aromatic rings. The molecule has 10 heavy (non-hydrogen) atoms. The minimum absolute atomic E-state index is 0.167. The van der Waals surface area contributed by atoms with Crippen LogP contribution < -0.4 is 0 Å². The number of thiophene rings is 1. The standard InChI is InChI=1S/C6H7NO2S/c1-4(7-9)6-5(8)2-3-10-6/h2-3,8-9H,1H3/b7-4+. The van der Waals surface area contributed by atoms with Crippen molar-refractivity contribution in [3.63, 3.8) is 0 Å². The summed E-state index contributed by atoms with van der Waals surface area (Å²) in [7, 11) is 0. The molecule has 0 aliphatic heterocycles. The second-order valence-corrected chi connectivity index (χ2v) is 2.74. The van der Waals surface area contributed by atoms with Gasteiger partial charge in [-0.3, -0.25) is 0 Å². The molecule has 1 aromatic heterocycles. The van der Waals surface area contributed by atoms with Gasteiger partial charge in [0.05, 0.1) is 10.6 Å². The lowest BCUT2D eigenvalue weighted by Gasteiger charge is -1.91. The quantitative estimate of drug-likeness (QED) is 0.370. The van der Waals surface area contributed by atoms with E-state index >= 15 is 0 Å². The summed E-state index contributed by atoms with van der Waals surface area (Å²) in [6.07, 6.45) is 0. The Hall–Kier alpha value is -1.03. The summed E-state index contributed by atoms with van der Waals surface area (Å²) in [5.74, 6) is 0.167. The van der Waals surface area contributed by atoms with Gasteiger partial charge in [-0.1, -0.05) is 5.16 Å². The molecule has 0 unspecified atom stereocenters. The van der Waals surface area contributed by atoms with Gasteiger partial charge in [-0.2, -0.15) is 0 Å². The molecule has 0 atom stereocenters. The second kappa shape index (κ2) is 2.70. The van der Waals surface area contributed by atoms with Crippen LogP contribution in [0, 0.1) is 0 Å².